The van der Waals surface area contributed by atoms with E-state index >= 15 is 0 Å². The lowest BCUT2D eigenvalue weighted by molar-refractivity contribution is -0.248. The molecule has 0 aromatic heterocycles. The Bertz CT molecular complexity index is 1500. The second-order valence-corrected chi connectivity index (χ2v) is 21.4. The molecule has 290 valence electrons. The van der Waals surface area contributed by atoms with Gasteiger partial charge in [0.2, 0.25) is 15.9 Å². The lowest BCUT2D eigenvalue weighted by Gasteiger charge is -2.64. The minimum Gasteiger partial charge on any atom is -0.480 e. The van der Waals surface area contributed by atoms with Crippen LogP contribution in [-0.4, -0.2) is 109 Å². The molecule has 5 aliphatic carbocycles. The number of fused-ring (bicyclic) bond motifs is 4. The van der Waals surface area contributed by atoms with E-state index in [1.807, 2.05) is 4.90 Å². The predicted octanol–water partition coefficient (Wildman–Crippen LogP) is 4.76. The Balaban J connectivity index is 1.08. The minimum atomic E-state index is -3.74. The Morgan fingerprint density at radius 3 is 2.39 bits per heavy atom. The quantitative estimate of drug-likeness (QED) is 0.343. The fraction of sp³-hybridized carbons (Fsp3) is 0.949. The van der Waals surface area contributed by atoms with Gasteiger partial charge in [0.05, 0.1) is 43.8 Å². The number of morpholine rings is 1. The van der Waals surface area contributed by atoms with Gasteiger partial charge in [-0.25, -0.2) is 8.42 Å². The number of nitrogens with zero attached hydrogens (tertiary/aromatic N) is 2. The smallest absolute Gasteiger partial charge is 0.318 e. The lowest BCUT2D eigenvalue weighted by atomic mass is 9.41. The number of sulfonamides is 1. The monoisotopic (exact) mass is 736 g/mol. The molecule has 7 rings (SSSR count). The molecule has 0 aromatic carbocycles. The van der Waals surface area contributed by atoms with Gasteiger partial charge in [-0.05, 0) is 103 Å². The van der Waals surface area contributed by atoms with Gasteiger partial charge in [-0.1, -0.05) is 48.5 Å². The van der Waals surface area contributed by atoms with Crippen LogP contribution in [0.2, 0.25) is 0 Å². The molecule has 2 heterocycles. The number of aliphatic hydroxyl groups is 1. The number of hydrogen-bond donors (Lipinski definition) is 2. The summed E-state index contributed by atoms with van der Waals surface area (Å²) in [6, 6.07) is 0. The molecule has 51 heavy (non-hydrogen) atoms. The van der Waals surface area contributed by atoms with Crippen LogP contribution in [0.1, 0.15) is 106 Å². The summed E-state index contributed by atoms with van der Waals surface area (Å²) in [5, 5.41) is 21.9. The molecule has 12 heteroatoms. The van der Waals surface area contributed by atoms with Crippen LogP contribution in [0.25, 0.3) is 0 Å². The molecular weight excluding hydrogens is 673 g/mol. The van der Waals surface area contributed by atoms with Gasteiger partial charge in [-0.3, -0.25) is 9.59 Å². The Labute approximate surface area is 305 Å². The van der Waals surface area contributed by atoms with Gasteiger partial charge < -0.3 is 29.3 Å². The zero-order chi connectivity index (χ0) is 37.1. The van der Waals surface area contributed by atoms with E-state index in [2.05, 4.69) is 48.5 Å². The summed E-state index contributed by atoms with van der Waals surface area (Å²) in [7, 11) is -3.74. The van der Waals surface area contributed by atoms with E-state index in [0.717, 1.165) is 49.1 Å². The third kappa shape index (κ3) is 5.68. The SMILES string of the molecule is CC(C)CC(=O)N1CCOC(OC2CCC34CC35CCC3(C)C6C(C)CC(CN(CC(=O)O)S(C)(=O)=O)OC6C(O)C3(C)C5CCC4C2(C)C)C1. The average Bonchev–Trinajstić information content (AvgIpc) is 3.66. The average molecular weight is 737 g/mol. The molecule has 5 saturated carbocycles. The maximum Gasteiger partial charge on any atom is 0.318 e. The molecule has 0 radical (unpaired) electrons. The third-order valence-corrected chi connectivity index (χ3v) is 17.5. The minimum absolute atomic E-state index is 0.0203. The van der Waals surface area contributed by atoms with Gasteiger partial charge >= 0.3 is 5.97 Å². The van der Waals surface area contributed by atoms with E-state index in [1.54, 1.807) is 0 Å². The molecule has 2 N–H and O–H groups in total. The second kappa shape index (κ2) is 12.6. The van der Waals surface area contributed by atoms with Gasteiger partial charge in [0.1, 0.15) is 6.54 Å². The van der Waals surface area contributed by atoms with Crippen LogP contribution < -0.4 is 0 Å². The number of aliphatic hydroxyl groups excluding tert-OH is 1. The van der Waals surface area contributed by atoms with Crippen LogP contribution in [0, 0.1) is 56.7 Å². The number of ether oxygens (including phenoxy) is 3. The fourth-order valence-corrected chi connectivity index (χ4v) is 14.8. The largest absolute Gasteiger partial charge is 0.480 e. The van der Waals surface area contributed by atoms with E-state index in [1.165, 1.54) is 6.42 Å². The summed E-state index contributed by atoms with van der Waals surface area (Å²) in [4.78, 5) is 26.3. The Morgan fingerprint density at radius 1 is 1.04 bits per heavy atom. The Hall–Kier alpha value is -1.31. The van der Waals surface area contributed by atoms with Crippen molar-refractivity contribution in [2.24, 2.45) is 56.7 Å². The van der Waals surface area contributed by atoms with Gasteiger partial charge in [0.25, 0.3) is 0 Å². The first-order valence-electron chi connectivity index (χ1n) is 19.8. The number of hydrogen-bond acceptors (Lipinski definition) is 8. The van der Waals surface area contributed by atoms with E-state index < -0.39 is 47.1 Å². The molecule has 0 aromatic rings. The van der Waals surface area contributed by atoms with Gasteiger partial charge in [-0.15, -0.1) is 0 Å². The zero-order valence-electron chi connectivity index (χ0n) is 32.2. The number of amides is 1. The fourth-order valence-electron chi connectivity index (χ4n) is 14.0. The molecule has 13 unspecified atom stereocenters. The first kappa shape index (κ1) is 38.0. The number of rotatable bonds is 9. The highest BCUT2D eigenvalue weighted by molar-refractivity contribution is 7.88. The van der Waals surface area contributed by atoms with Gasteiger partial charge in [0, 0.05) is 24.9 Å². The van der Waals surface area contributed by atoms with Crippen molar-refractivity contribution in [1.82, 2.24) is 9.21 Å². The zero-order valence-corrected chi connectivity index (χ0v) is 33.0. The van der Waals surface area contributed by atoms with Crippen molar-refractivity contribution in [1.29, 1.82) is 0 Å². The van der Waals surface area contributed by atoms with Crippen molar-refractivity contribution in [3.63, 3.8) is 0 Å². The van der Waals surface area contributed by atoms with E-state index in [-0.39, 0.29) is 57.5 Å². The normalized spacial score (nSPS) is 47.2. The van der Waals surface area contributed by atoms with E-state index in [0.29, 0.717) is 50.3 Å². The molecule has 13 atom stereocenters. The molecule has 2 spiro atoms. The van der Waals surface area contributed by atoms with Crippen molar-refractivity contribution in [3.8, 4) is 0 Å². The number of carbonyl (C=O) groups excluding carboxylic acids is 1. The highest BCUT2D eigenvalue weighted by Gasteiger charge is 2.84. The summed E-state index contributed by atoms with van der Waals surface area (Å²) in [6.07, 6.45) is 7.94. The maximum absolute atomic E-state index is 12.9. The Morgan fingerprint density at radius 2 is 1.73 bits per heavy atom. The Kier molecular flexibility index (Phi) is 9.40. The number of carboxylic acid groups (broad SMARTS) is 1. The molecular formula is C39H64N2O9S. The standard InChI is InChI=1S/C39H64N2O9S/c1-23(2)17-29(42)40-15-16-48-31(21-40)50-28-11-12-38-22-39(38)14-13-36(6)32-24(3)18-25(19-41(20-30(43)44)51(8,46)47)49-33(32)34(45)37(36,7)27(39)10-9-26(38)35(28,4)5/h23-28,31-34,45H,9-22H2,1-8H3,(H,43,44). The van der Waals surface area contributed by atoms with Crippen LogP contribution in [0.15, 0.2) is 0 Å². The van der Waals surface area contributed by atoms with Gasteiger partial charge in [-0.2, -0.15) is 4.31 Å². The van der Waals surface area contributed by atoms with E-state index in [9.17, 15) is 28.2 Å². The molecule has 2 aliphatic heterocycles. The van der Waals surface area contributed by atoms with Crippen molar-refractivity contribution < 1.29 is 42.4 Å². The predicted molar refractivity (Wildman–Crippen MR) is 191 cm³/mol. The first-order valence-corrected chi connectivity index (χ1v) is 21.6. The van der Waals surface area contributed by atoms with Crippen LogP contribution in [0.3, 0.4) is 0 Å². The molecule has 1 amide bonds. The lowest BCUT2D eigenvalue weighted by Crippen LogP contribution is -2.60. The summed E-state index contributed by atoms with van der Waals surface area (Å²) < 4.78 is 45.6. The maximum atomic E-state index is 12.9. The van der Waals surface area contributed by atoms with Crippen molar-refractivity contribution in [2.75, 3.05) is 39.0 Å². The van der Waals surface area contributed by atoms with Crippen molar-refractivity contribution in [2.45, 2.75) is 137 Å². The van der Waals surface area contributed by atoms with E-state index in [4.69, 9.17) is 14.2 Å². The molecule has 7 fully saturated rings. The van der Waals surface area contributed by atoms with Crippen LogP contribution in [0.5, 0.6) is 0 Å². The molecule has 11 nitrogen and oxygen atoms in total. The summed E-state index contributed by atoms with van der Waals surface area (Å²) >= 11 is 0. The van der Waals surface area contributed by atoms with Crippen LogP contribution in [0.4, 0.5) is 0 Å². The van der Waals surface area contributed by atoms with Crippen LogP contribution in [-0.2, 0) is 33.8 Å². The highest BCUT2D eigenvalue weighted by atomic mass is 32.2. The second-order valence-electron chi connectivity index (χ2n) is 19.5. The third-order valence-electron chi connectivity index (χ3n) is 16.3. The summed E-state index contributed by atoms with van der Waals surface area (Å²) in [5.74, 6) is 0.520. The first-order chi connectivity index (χ1) is 23.7. The number of carboxylic acids is 1. The van der Waals surface area contributed by atoms with Crippen molar-refractivity contribution >= 4 is 21.9 Å². The number of carbonyl (C=O) groups is 2. The molecule has 0 bridgehead atoms. The number of aliphatic carboxylic acids is 1. The molecule has 2 saturated heterocycles. The topological polar surface area (TPSA) is 143 Å². The van der Waals surface area contributed by atoms with Crippen molar-refractivity contribution in [3.05, 3.63) is 0 Å². The molecule has 7 aliphatic rings. The highest BCUT2D eigenvalue weighted by Crippen LogP contribution is 2.89. The van der Waals surface area contributed by atoms with Crippen LogP contribution >= 0.6 is 0 Å². The summed E-state index contributed by atoms with van der Waals surface area (Å²) in [6.45, 7) is 16.9. The van der Waals surface area contributed by atoms with Gasteiger partial charge in [0.15, 0.2) is 6.29 Å². The summed E-state index contributed by atoms with van der Waals surface area (Å²) in [5.41, 5.74) is -0.130.